The number of rotatable bonds is 4. The number of halogens is 3. The van der Waals surface area contributed by atoms with Crippen LogP contribution in [0.5, 0.6) is 0 Å². The maximum Gasteiger partial charge on any atom is 0.234 e. The molecule has 0 aliphatic rings. The van der Waals surface area contributed by atoms with E-state index in [0.29, 0.717) is 20.8 Å². The van der Waals surface area contributed by atoms with Crippen molar-refractivity contribution >= 4 is 69.1 Å². The van der Waals surface area contributed by atoms with Gasteiger partial charge in [0.25, 0.3) is 0 Å². The van der Waals surface area contributed by atoms with Crippen LogP contribution in [0, 0.1) is 0 Å². The van der Waals surface area contributed by atoms with Crippen molar-refractivity contribution in [3.8, 4) is 0 Å². The maximum atomic E-state index is 12.1. The van der Waals surface area contributed by atoms with Gasteiger partial charge in [0.15, 0.2) is 0 Å². The Bertz CT molecular complexity index is 879. The minimum absolute atomic E-state index is 0.121. The quantitative estimate of drug-likeness (QED) is 0.552. The Labute approximate surface area is 152 Å². The van der Waals surface area contributed by atoms with Crippen LogP contribution in [0.2, 0.25) is 15.1 Å². The van der Waals surface area contributed by atoms with Crippen LogP contribution in [0.15, 0.2) is 47.5 Å². The van der Waals surface area contributed by atoms with Crippen molar-refractivity contribution in [3.63, 3.8) is 0 Å². The first-order chi connectivity index (χ1) is 11.0. The molecule has 0 aliphatic carbocycles. The van der Waals surface area contributed by atoms with Crippen molar-refractivity contribution < 1.29 is 4.79 Å². The number of carbonyl (C=O) groups is 1. The number of aromatic nitrogens is 1. The molecule has 0 radical (unpaired) electrons. The highest BCUT2D eigenvalue weighted by molar-refractivity contribution is 8.00. The number of thioether (sulfide) groups is 1. The monoisotopic (exact) mass is 384 g/mol. The lowest BCUT2D eigenvalue weighted by Gasteiger charge is -2.06. The largest absolute Gasteiger partial charge is 0.359 e. The zero-order valence-electron chi connectivity index (χ0n) is 11.7. The first-order valence-electron chi connectivity index (χ1n) is 6.68. The van der Waals surface area contributed by atoms with Gasteiger partial charge >= 0.3 is 0 Å². The van der Waals surface area contributed by atoms with E-state index in [1.807, 2.05) is 24.4 Å². The van der Waals surface area contributed by atoms with Crippen molar-refractivity contribution in [1.29, 1.82) is 0 Å². The molecule has 3 aromatic rings. The molecule has 0 unspecified atom stereocenters. The second kappa shape index (κ2) is 7.05. The molecule has 3 nitrogen and oxygen atoms in total. The number of carbonyl (C=O) groups excluding carboxylic acids is 1. The number of nitrogens with one attached hydrogen (secondary N) is 2. The van der Waals surface area contributed by atoms with Crippen molar-refractivity contribution in [1.82, 2.24) is 4.98 Å². The van der Waals surface area contributed by atoms with Gasteiger partial charge in [0.1, 0.15) is 0 Å². The molecular weight excluding hydrogens is 375 g/mol. The smallest absolute Gasteiger partial charge is 0.234 e. The first-order valence-corrected chi connectivity index (χ1v) is 8.80. The fourth-order valence-corrected chi connectivity index (χ4v) is 3.48. The molecule has 2 N–H and O–H groups in total. The lowest BCUT2D eigenvalue weighted by atomic mass is 10.2. The highest BCUT2D eigenvalue weighted by atomic mass is 35.5. The number of para-hydroxylation sites is 1. The normalized spacial score (nSPS) is 10.9. The summed E-state index contributed by atoms with van der Waals surface area (Å²) >= 11 is 19.3. The molecule has 0 saturated heterocycles. The third kappa shape index (κ3) is 3.78. The molecule has 0 saturated carbocycles. The summed E-state index contributed by atoms with van der Waals surface area (Å²) in [4.78, 5) is 16.2. The van der Waals surface area contributed by atoms with Gasteiger partial charge in [0.2, 0.25) is 5.91 Å². The number of hydrogen-bond acceptors (Lipinski definition) is 2. The van der Waals surface area contributed by atoms with Gasteiger partial charge in [-0.05, 0) is 24.3 Å². The molecule has 1 aromatic heterocycles. The van der Waals surface area contributed by atoms with Gasteiger partial charge in [-0.2, -0.15) is 0 Å². The van der Waals surface area contributed by atoms with Crippen LogP contribution in [-0.4, -0.2) is 16.6 Å². The van der Waals surface area contributed by atoms with Crippen molar-refractivity contribution in [3.05, 3.63) is 57.7 Å². The van der Waals surface area contributed by atoms with Crippen LogP contribution >= 0.6 is 46.6 Å². The second-order valence-electron chi connectivity index (χ2n) is 4.78. The van der Waals surface area contributed by atoms with Gasteiger partial charge in [-0.25, -0.2) is 0 Å². The minimum atomic E-state index is -0.121. The predicted molar refractivity (Wildman–Crippen MR) is 99.1 cm³/mol. The van der Waals surface area contributed by atoms with Gasteiger partial charge < -0.3 is 10.3 Å². The Balaban J connectivity index is 1.66. The van der Waals surface area contributed by atoms with E-state index in [1.165, 1.54) is 11.8 Å². The molecule has 0 atom stereocenters. The molecule has 7 heteroatoms. The molecule has 0 spiro atoms. The summed E-state index contributed by atoms with van der Waals surface area (Å²) in [6.07, 6.45) is 1.85. The third-order valence-corrected chi connectivity index (χ3v) is 5.30. The molecule has 23 heavy (non-hydrogen) atoms. The molecule has 1 heterocycles. The van der Waals surface area contributed by atoms with Gasteiger partial charge in [-0.1, -0.05) is 46.9 Å². The van der Waals surface area contributed by atoms with Crippen molar-refractivity contribution in [2.45, 2.75) is 4.90 Å². The molecule has 2 aromatic carbocycles. The number of hydrogen-bond donors (Lipinski definition) is 2. The zero-order valence-corrected chi connectivity index (χ0v) is 14.8. The van der Waals surface area contributed by atoms with Crippen molar-refractivity contribution in [2.24, 2.45) is 0 Å². The Morgan fingerprint density at radius 3 is 2.70 bits per heavy atom. The number of aromatic amines is 1. The highest BCUT2D eigenvalue weighted by Crippen LogP contribution is 2.31. The lowest BCUT2D eigenvalue weighted by Crippen LogP contribution is -2.13. The molecule has 1 amide bonds. The number of anilines is 1. The van der Waals surface area contributed by atoms with Crippen LogP contribution in [0.4, 0.5) is 5.69 Å². The SMILES string of the molecule is O=C(CSc1c[nH]c2c(Cl)cccc12)Nc1ccc(Cl)c(Cl)c1. The van der Waals surface area contributed by atoms with E-state index in [2.05, 4.69) is 10.3 Å². The Morgan fingerprint density at radius 1 is 1.09 bits per heavy atom. The summed E-state index contributed by atoms with van der Waals surface area (Å²) in [7, 11) is 0. The van der Waals surface area contributed by atoms with Crippen LogP contribution in [0.1, 0.15) is 0 Å². The fraction of sp³-hybridized carbons (Fsp3) is 0.0625. The number of H-pyrrole nitrogens is 1. The standard InChI is InChI=1S/C16H11Cl3N2OS/c17-11-5-4-9(6-13(11)19)21-15(22)8-23-14-7-20-16-10(14)2-1-3-12(16)18/h1-7,20H,8H2,(H,21,22). The molecule has 0 fully saturated rings. The van der Waals surface area contributed by atoms with E-state index in [4.69, 9.17) is 34.8 Å². The lowest BCUT2D eigenvalue weighted by molar-refractivity contribution is -0.113. The van der Waals surface area contributed by atoms with Crippen molar-refractivity contribution in [2.75, 3.05) is 11.1 Å². The molecule has 118 valence electrons. The van der Waals surface area contributed by atoms with Gasteiger partial charge in [-0.3, -0.25) is 4.79 Å². The Morgan fingerprint density at radius 2 is 1.91 bits per heavy atom. The average molecular weight is 386 g/mol. The van der Waals surface area contributed by atoms with Gasteiger partial charge in [0, 0.05) is 22.2 Å². The number of fused-ring (bicyclic) bond motifs is 1. The summed E-state index contributed by atoms with van der Waals surface area (Å²) in [6.45, 7) is 0. The summed E-state index contributed by atoms with van der Waals surface area (Å²) in [5, 5.41) is 5.32. The minimum Gasteiger partial charge on any atom is -0.359 e. The molecule has 0 bridgehead atoms. The van der Waals surface area contributed by atoms with Crippen LogP contribution < -0.4 is 5.32 Å². The number of benzene rings is 2. The summed E-state index contributed by atoms with van der Waals surface area (Å²) in [5.74, 6) is 0.157. The topological polar surface area (TPSA) is 44.9 Å². The predicted octanol–water partition coefficient (Wildman–Crippen LogP) is 5.86. The zero-order chi connectivity index (χ0) is 16.4. The van der Waals surface area contributed by atoms with E-state index in [-0.39, 0.29) is 11.7 Å². The van der Waals surface area contributed by atoms with E-state index in [1.54, 1.807) is 18.2 Å². The fourth-order valence-electron chi connectivity index (χ4n) is 2.13. The van der Waals surface area contributed by atoms with Crippen LogP contribution in [-0.2, 0) is 4.79 Å². The molecular formula is C16H11Cl3N2OS. The summed E-state index contributed by atoms with van der Waals surface area (Å²) in [6, 6.07) is 10.7. The average Bonchev–Trinajstić information content (AvgIpc) is 2.94. The Hall–Kier alpha value is -1.33. The van der Waals surface area contributed by atoms with Gasteiger partial charge in [-0.15, -0.1) is 11.8 Å². The summed E-state index contributed by atoms with van der Waals surface area (Å²) < 4.78 is 0. The van der Waals surface area contributed by atoms with Crippen LogP contribution in [0.25, 0.3) is 10.9 Å². The molecule has 0 aliphatic heterocycles. The second-order valence-corrected chi connectivity index (χ2v) is 7.02. The van der Waals surface area contributed by atoms with E-state index in [9.17, 15) is 4.79 Å². The van der Waals surface area contributed by atoms with E-state index < -0.39 is 0 Å². The maximum absolute atomic E-state index is 12.1. The van der Waals surface area contributed by atoms with Crippen LogP contribution in [0.3, 0.4) is 0 Å². The van der Waals surface area contributed by atoms with E-state index >= 15 is 0 Å². The number of amides is 1. The summed E-state index contributed by atoms with van der Waals surface area (Å²) in [5.41, 5.74) is 1.49. The van der Waals surface area contributed by atoms with Gasteiger partial charge in [0.05, 0.1) is 26.3 Å². The molecule has 3 rings (SSSR count). The highest BCUT2D eigenvalue weighted by Gasteiger charge is 2.10. The first kappa shape index (κ1) is 16.5. The third-order valence-electron chi connectivity index (χ3n) is 3.19. The van der Waals surface area contributed by atoms with E-state index in [0.717, 1.165) is 15.8 Å². The Kier molecular flexibility index (Phi) is 5.07.